The van der Waals surface area contributed by atoms with Gasteiger partial charge in [-0.1, -0.05) is 53.5 Å². The molecule has 0 fully saturated rings. The van der Waals surface area contributed by atoms with Crippen molar-refractivity contribution in [1.29, 1.82) is 0 Å². The molecule has 0 aliphatic carbocycles. The van der Waals surface area contributed by atoms with Gasteiger partial charge in [-0.25, -0.2) is 8.42 Å². The van der Waals surface area contributed by atoms with Crippen molar-refractivity contribution in [3.05, 3.63) is 88.4 Å². The van der Waals surface area contributed by atoms with Gasteiger partial charge in [-0.15, -0.1) is 0 Å². The van der Waals surface area contributed by atoms with Crippen molar-refractivity contribution in [3.8, 4) is 5.75 Å². The third-order valence-electron chi connectivity index (χ3n) is 4.44. The number of carbonyl (C=O) groups excluding carboxylic acids is 1. The van der Waals surface area contributed by atoms with Crippen molar-refractivity contribution < 1.29 is 17.9 Å². The van der Waals surface area contributed by atoms with Crippen LogP contribution in [-0.2, 0) is 21.2 Å². The van der Waals surface area contributed by atoms with Gasteiger partial charge in [-0.2, -0.15) is 4.72 Å². The Hall–Kier alpha value is -2.58. The number of ether oxygens (including phenoxy) is 1. The number of methoxy groups -OCH3 is 1. The molecule has 0 saturated heterocycles. The van der Waals surface area contributed by atoms with Crippen LogP contribution in [0.4, 0.5) is 5.69 Å². The van der Waals surface area contributed by atoms with Gasteiger partial charge in [-0.3, -0.25) is 4.79 Å². The lowest BCUT2D eigenvalue weighted by Gasteiger charge is -2.19. The van der Waals surface area contributed by atoms with Crippen LogP contribution in [0.1, 0.15) is 5.56 Å². The maximum Gasteiger partial charge on any atom is 0.242 e. The molecule has 0 saturated carbocycles. The van der Waals surface area contributed by atoms with E-state index in [-0.39, 0.29) is 16.3 Å². The number of hydrogen-bond acceptors (Lipinski definition) is 4. The van der Waals surface area contributed by atoms with E-state index < -0.39 is 22.0 Å². The molecule has 0 bridgehead atoms. The Bertz CT molecular complexity index is 1150. The predicted molar refractivity (Wildman–Crippen MR) is 122 cm³/mol. The lowest BCUT2D eigenvalue weighted by molar-refractivity contribution is -0.117. The molecule has 0 aliphatic heterocycles. The quantitative estimate of drug-likeness (QED) is 0.497. The highest BCUT2D eigenvalue weighted by molar-refractivity contribution is 7.89. The van der Waals surface area contributed by atoms with Gasteiger partial charge in [0.15, 0.2) is 0 Å². The first-order valence-corrected chi connectivity index (χ1v) is 11.5. The van der Waals surface area contributed by atoms with Crippen molar-refractivity contribution in [2.24, 2.45) is 0 Å². The highest BCUT2D eigenvalue weighted by Crippen LogP contribution is 2.27. The Morgan fingerprint density at radius 1 is 1.00 bits per heavy atom. The normalized spacial score (nSPS) is 12.2. The summed E-state index contributed by atoms with van der Waals surface area (Å²) in [6.07, 6.45) is 0.156. The number of benzene rings is 3. The van der Waals surface area contributed by atoms with E-state index in [1.807, 2.05) is 30.3 Å². The molecular weight excluding hydrogens is 459 g/mol. The highest BCUT2D eigenvalue weighted by Gasteiger charge is 2.27. The van der Waals surface area contributed by atoms with Crippen LogP contribution in [0.5, 0.6) is 5.75 Å². The van der Waals surface area contributed by atoms with Gasteiger partial charge < -0.3 is 10.1 Å². The van der Waals surface area contributed by atoms with Crippen LogP contribution >= 0.6 is 23.2 Å². The summed E-state index contributed by atoms with van der Waals surface area (Å²) in [4.78, 5) is 12.9. The highest BCUT2D eigenvalue weighted by atomic mass is 35.5. The average Bonchev–Trinajstić information content (AvgIpc) is 2.75. The molecule has 162 valence electrons. The van der Waals surface area contributed by atoms with Gasteiger partial charge in [0.2, 0.25) is 15.9 Å². The summed E-state index contributed by atoms with van der Waals surface area (Å²) in [6, 6.07) is 18.7. The van der Waals surface area contributed by atoms with Gasteiger partial charge in [0.25, 0.3) is 0 Å². The molecule has 3 rings (SSSR count). The van der Waals surface area contributed by atoms with Crippen LogP contribution in [-0.4, -0.2) is 27.5 Å². The molecule has 9 heteroatoms. The zero-order valence-corrected chi connectivity index (χ0v) is 18.8. The summed E-state index contributed by atoms with van der Waals surface area (Å²) in [5.74, 6) is -0.156. The van der Waals surface area contributed by atoms with Gasteiger partial charge in [0, 0.05) is 10.7 Å². The fraction of sp³-hybridized carbons (Fsp3) is 0.136. The van der Waals surface area contributed by atoms with Crippen LogP contribution in [0.2, 0.25) is 10.0 Å². The van der Waals surface area contributed by atoms with E-state index in [4.69, 9.17) is 27.9 Å². The minimum absolute atomic E-state index is 0.0735. The van der Waals surface area contributed by atoms with E-state index in [0.717, 1.165) is 5.56 Å². The first-order chi connectivity index (χ1) is 14.8. The van der Waals surface area contributed by atoms with Crippen molar-refractivity contribution in [3.63, 3.8) is 0 Å². The van der Waals surface area contributed by atoms with Crippen LogP contribution in [0.3, 0.4) is 0 Å². The van der Waals surface area contributed by atoms with Crippen molar-refractivity contribution in [1.82, 2.24) is 4.72 Å². The summed E-state index contributed by atoms with van der Waals surface area (Å²) in [7, 11) is -2.61. The Morgan fingerprint density at radius 3 is 2.29 bits per heavy atom. The van der Waals surface area contributed by atoms with Crippen LogP contribution in [0.15, 0.2) is 77.7 Å². The average molecular weight is 479 g/mol. The summed E-state index contributed by atoms with van der Waals surface area (Å²) in [5.41, 5.74) is 1.30. The zero-order chi connectivity index (χ0) is 22.4. The molecule has 1 atom stereocenters. The Balaban J connectivity index is 1.87. The van der Waals surface area contributed by atoms with Gasteiger partial charge in [0.1, 0.15) is 11.8 Å². The molecule has 0 unspecified atom stereocenters. The second-order valence-electron chi connectivity index (χ2n) is 6.66. The van der Waals surface area contributed by atoms with Crippen LogP contribution < -0.4 is 14.8 Å². The molecule has 0 aliphatic rings. The third-order valence-corrected chi connectivity index (χ3v) is 6.46. The predicted octanol–water partition coefficient (Wildman–Crippen LogP) is 4.53. The summed E-state index contributed by atoms with van der Waals surface area (Å²) in [5, 5.41) is 3.40. The number of amides is 1. The Labute approximate surface area is 191 Å². The fourth-order valence-electron chi connectivity index (χ4n) is 2.87. The molecule has 6 nitrogen and oxygen atoms in total. The molecular formula is C22H20Cl2N2O4S. The number of halogens is 2. The molecule has 3 aromatic rings. The number of sulfonamides is 1. The van der Waals surface area contributed by atoms with E-state index in [0.29, 0.717) is 16.5 Å². The van der Waals surface area contributed by atoms with E-state index in [1.54, 1.807) is 24.3 Å². The van der Waals surface area contributed by atoms with Crippen molar-refractivity contribution in [2.45, 2.75) is 17.4 Å². The maximum atomic E-state index is 13.0. The molecule has 2 N–H and O–H groups in total. The monoisotopic (exact) mass is 478 g/mol. The van der Waals surface area contributed by atoms with Gasteiger partial charge >= 0.3 is 0 Å². The minimum atomic E-state index is -4.04. The molecule has 0 heterocycles. The number of anilines is 1. The molecule has 1 amide bonds. The number of rotatable bonds is 8. The topological polar surface area (TPSA) is 84.5 Å². The first kappa shape index (κ1) is 23.1. The summed E-state index contributed by atoms with van der Waals surface area (Å²) in [6.45, 7) is 0. The Kier molecular flexibility index (Phi) is 7.56. The zero-order valence-electron chi connectivity index (χ0n) is 16.5. The molecule has 0 radical (unpaired) electrons. The SMILES string of the molecule is COc1ccc(S(=O)(=O)N[C@@H](Cc2ccccc2)C(=O)Nc2ccc(Cl)cc2)cc1Cl. The van der Waals surface area contributed by atoms with Crippen molar-refractivity contribution in [2.75, 3.05) is 12.4 Å². The minimum Gasteiger partial charge on any atom is -0.495 e. The molecule has 0 aromatic heterocycles. The smallest absolute Gasteiger partial charge is 0.242 e. The van der Waals surface area contributed by atoms with Gasteiger partial charge in [0.05, 0.1) is 17.0 Å². The van der Waals surface area contributed by atoms with E-state index >= 15 is 0 Å². The van der Waals surface area contributed by atoms with E-state index in [2.05, 4.69) is 10.0 Å². The van der Waals surface area contributed by atoms with Crippen LogP contribution in [0, 0.1) is 0 Å². The molecule has 31 heavy (non-hydrogen) atoms. The van der Waals surface area contributed by atoms with Crippen molar-refractivity contribution >= 4 is 44.8 Å². The van der Waals surface area contributed by atoms with E-state index in [9.17, 15) is 13.2 Å². The largest absolute Gasteiger partial charge is 0.495 e. The summed E-state index contributed by atoms with van der Waals surface area (Å²) < 4.78 is 33.5. The summed E-state index contributed by atoms with van der Waals surface area (Å²) >= 11 is 12.0. The fourth-order valence-corrected chi connectivity index (χ4v) is 4.54. The molecule has 3 aromatic carbocycles. The van der Waals surface area contributed by atoms with Crippen LogP contribution in [0.25, 0.3) is 0 Å². The number of carbonyl (C=O) groups is 1. The third kappa shape index (κ3) is 6.21. The lowest BCUT2D eigenvalue weighted by atomic mass is 10.1. The number of nitrogens with one attached hydrogen (secondary N) is 2. The lowest BCUT2D eigenvalue weighted by Crippen LogP contribution is -2.45. The van der Waals surface area contributed by atoms with E-state index in [1.165, 1.54) is 25.3 Å². The second-order valence-corrected chi connectivity index (χ2v) is 9.21. The molecule has 0 spiro atoms. The second kappa shape index (κ2) is 10.2. The Morgan fingerprint density at radius 2 is 1.68 bits per heavy atom. The maximum absolute atomic E-state index is 13.0. The standard InChI is InChI=1S/C22H20Cl2N2O4S/c1-30-21-12-11-18(14-19(21)24)31(28,29)26-20(13-15-5-3-2-4-6-15)22(27)25-17-9-7-16(23)8-10-17/h2-12,14,20,26H,13H2,1H3,(H,25,27)/t20-/m0/s1. The number of hydrogen-bond donors (Lipinski definition) is 2. The van der Waals surface area contributed by atoms with Gasteiger partial charge in [-0.05, 0) is 54.4 Å². The first-order valence-electron chi connectivity index (χ1n) is 9.25.